The van der Waals surface area contributed by atoms with E-state index >= 15 is 0 Å². The van der Waals surface area contributed by atoms with Crippen LogP contribution in [0.4, 0.5) is 5.69 Å². The molecule has 0 aliphatic carbocycles. The van der Waals surface area contributed by atoms with Crippen molar-refractivity contribution in [2.75, 3.05) is 33.0 Å². The van der Waals surface area contributed by atoms with Gasteiger partial charge in [-0.25, -0.2) is 0 Å². The normalized spacial score (nSPS) is 11.6. The average Bonchev–Trinajstić information content (AvgIpc) is 2.48. The fraction of sp³-hybridized carbons (Fsp3) is 0.467. The lowest BCUT2D eigenvalue weighted by molar-refractivity contribution is -0.132. The molecular weight excluding hydrogens is 270 g/mol. The number of nitrogens with zero attached hydrogens (tertiary/aromatic N) is 1. The second-order valence-electron chi connectivity index (χ2n) is 4.96. The van der Waals surface area contributed by atoms with Crippen molar-refractivity contribution < 1.29 is 14.3 Å². The molecule has 1 atom stereocenters. The van der Waals surface area contributed by atoms with Gasteiger partial charge >= 0.3 is 0 Å². The van der Waals surface area contributed by atoms with Crippen molar-refractivity contribution in [1.82, 2.24) is 10.2 Å². The number of nitrogens with one attached hydrogen (secondary N) is 1. The Hall–Kier alpha value is -2.24. The zero-order chi connectivity index (χ0) is 15.8. The van der Waals surface area contributed by atoms with E-state index < -0.39 is 0 Å². The van der Waals surface area contributed by atoms with Crippen molar-refractivity contribution in [1.29, 1.82) is 0 Å². The van der Waals surface area contributed by atoms with Crippen LogP contribution in [0.15, 0.2) is 24.3 Å². The molecule has 0 fully saturated rings. The lowest BCUT2D eigenvalue weighted by atomic mass is 10.1. The summed E-state index contributed by atoms with van der Waals surface area (Å²) in [5.74, 6) is 0.314. The molecule has 116 valence electrons. The van der Waals surface area contributed by atoms with Gasteiger partial charge in [0.2, 0.25) is 11.8 Å². The summed E-state index contributed by atoms with van der Waals surface area (Å²) in [5, 5.41) is 2.57. The summed E-state index contributed by atoms with van der Waals surface area (Å²) in [6.45, 7) is 2.47. The van der Waals surface area contributed by atoms with Gasteiger partial charge in [0.05, 0.1) is 18.9 Å². The molecule has 6 heteroatoms. The minimum atomic E-state index is -0.234. The number of anilines is 1. The summed E-state index contributed by atoms with van der Waals surface area (Å²) in [6.07, 6.45) is 0.265. The van der Waals surface area contributed by atoms with Crippen LogP contribution in [0.5, 0.6) is 5.75 Å². The molecule has 1 rings (SSSR count). The van der Waals surface area contributed by atoms with Crippen molar-refractivity contribution in [3.8, 4) is 5.75 Å². The number of nitrogens with two attached hydrogens (primary N) is 1. The minimum absolute atomic E-state index is 0.0544. The Bertz CT molecular complexity index is 474. The SMILES string of the molecule is CNC(=O)C(C)CN(C)C(=O)CCOc1ccc(N)cc1. The molecule has 1 unspecified atom stereocenters. The van der Waals surface area contributed by atoms with Crippen molar-refractivity contribution >= 4 is 17.5 Å². The Morgan fingerprint density at radius 3 is 2.52 bits per heavy atom. The number of benzene rings is 1. The highest BCUT2D eigenvalue weighted by Crippen LogP contribution is 2.13. The van der Waals surface area contributed by atoms with Crippen LogP contribution in [0.3, 0.4) is 0 Å². The highest BCUT2D eigenvalue weighted by Gasteiger charge is 2.17. The maximum absolute atomic E-state index is 11.9. The molecule has 2 amide bonds. The number of nitrogen functional groups attached to an aromatic ring is 1. The summed E-state index contributed by atoms with van der Waals surface area (Å²) in [7, 11) is 3.27. The van der Waals surface area contributed by atoms with E-state index in [-0.39, 0.29) is 24.2 Å². The Morgan fingerprint density at radius 1 is 1.33 bits per heavy atom. The number of carbonyl (C=O) groups excluding carboxylic acids is 2. The van der Waals surface area contributed by atoms with E-state index in [2.05, 4.69) is 5.32 Å². The largest absolute Gasteiger partial charge is 0.493 e. The molecule has 0 saturated heterocycles. The number of hydrogen-bond acceptors (Lipinski definition) is 4. The molecule has 21 heavy (non-hydrogen) atoms. The third-order valence-corrected chi connectivity index (χ3v) is 3.13. The lowest BCUT2D eigenvalue weighted by Gasteiger charge is -2.20. The van der Waals surface area contributed by atoms with Gasteiger partial charge in [0, 0.05) is 26.3 Å². The van der Waals surface area contributed by atoms with Gasteiger partial charge in [-0.05, 0) is 24.3 Å². The minimum Gasteiger partial charge on any atom is -0.493 e. The van der Waals surface area contributed by atoms with Crippen molar-refractivity contribution in [3.05, 3.63) is 24.3 Å². The van der Waals surface area contributed by atoms with E-state index in [0.717, 1.165) is 0 Å². The second-order valence-corrected chi connectivity index (χ2v) is 4.96. The van der Waals surface area contributed by atoms with Crippen LogP contribution in [0.2, 0.25) is 0 Å². The number of amides is 2. The maximum Gasteiger partial charge on any atom is 0.225 e. The zero-order valence-electron chi connectivity index (χ0n) is 12.8. The Morgan fingerprint density at radius 2 is 1.95 bits per heavy atom. The summed E-state index contributed by atoms with van der Waals surface area (Å²) >= 11 is 0. The van der Waals surface area contributed by atoms with Crippen LogP contribution in [-0.2, 0) is 9.59 Å². The van der Waals surface area contributed by atoms with Gasteiger partial charge in [-0.2, -0.15) is 0 Å². The molecule has 0 aromatic heterocycles. The van der Waals surface area contributed by atoms with Crippen LogP contribution in [0.1, 0.15) is 13.3 Å². The predicted octanol–water partition coefficient (Wildman–Crippen LogP) is 0.878. The van der Waals surface area contributed by atoms with Gasteiger partial charge < -0.3 is 20.7 Å². The Balaban J connectivity index is 2.32. The molecule has 0 aliphatic heterocycles. The lowest BCUT2D eigenvalue weighted by Crippen LogP contribution is -2.37. The molecule has 3 N–H and O–H groups in total. The molecule has 0 bridgehead atoms. The fourth-order valence-corrected chi connectivity index (χ4v) is 1.85. The van der Waals surface area contributed by atoms with Crippen molar-refractivity contribution in [3.63, 3.8) is 0 Å². The molecule has 0 spiro atoms. The Labute approximate surface area is 125 Å². The smallest absolute Gasteiger partial charge is 0.225 e. The van der Waals surface area contributed by atoms with E-state index in [4.69, 9.17) is 10.5 Å². The van der Waals surface area contributed by atoms with Crippen LogP contribution in [-0.4, -0.2) is 44.0 Å². The van der Waals surface area contributed by atoms with E-state index in [9.17, 15) is 9.59 Å². The van der Waals surface area contributed by atoms with Gasteiger partial charge in [0.1, 0.15) is 5.75 Å². The molecule has 1 aromatic rings. The van der Waals surface area contributed by atoms with E-state index in [1.165, 1.54) is 0 Å². The van der Waals surface area contributed by atoms with Crippen molar-refractivity contribution in [2.24, 2.45) is 5.92 Å². The van der Waals surface area contributed by atoms with E-state index in [1.54, 1.807) is 50.2 Å². The van der Waals surface area contributed by atoms with E-state index in [0.29, 0.717) is 24.6 Å². The molecule has 0 heterocycles. The van der Waals surface area contributed by atoms with E-state index in [1.807, 2.05) is 0 Å². The van der Waals surface area contributed by atoms with Crippen LogP contribution >= 0.6 is 0 Å². The molecule has 0 aliphatic rings. The monoisotopic (exact) mass is 293 g/mol. The summed E-state index contributed by atoms with van der Waals surface area (Å²) in [4.78, 5) is 24.9. The summed E-state index contributed by atoms with van der Waals surface area (Å²) in [6, 6.07) is 7.01. The molecular formula is C15H23N3O3. The van der Waals surface area contributed by atoms with Gasteiger partial charge in [0.15, 0.2) is 0 Å². The van der Waals surface area contributed by atoms with Crippen LogP contribution in [0, 0.1) is 5.92 Å². The van der Waals surface area contributed by atoms with Crippen LogP contribution in [0.25, 0.3) is 0 Å². The van der Waals surface area contributed by atoms with Gasteiger partial charge in [-0.1, -0.05) is 6.92 Å². The molecule has 6 nitrogen and oxygen atoms in total. The first-order valence-electron chi connectivity index (χ1n) is 6.88. The topological polar surface area (TPSA) is 84.7 Å². The number of carbonyl (C=O) groups is 2. The average molecular weight is 293 g/mol. The number of ether oxygens (including phenoxy) is 1. The number of rotatable bonds is 7. The first-order valence-corrected chi connectivity index (χ1v) is 6.88. The van der Waals surface area contributed by atoms with Gasteiger partial charge in [-0.15, -0.1) is 0 Å². The van der Waals surface area contributed by atoms with Crippen molar-refractivity contribution in [2.45, 2.75) is 13.3 Å². The zero-order valence-corrected chi connectivity index (χ0v) is 12.8. The van der Waals surface area contributed by atoms with Gasteiger partial charge in [-0.3, -0.25) is 9.59 Å². The third kappa shape index (κ3) is 5.72. The predicted molar refractivity (Wildman–Crippen MR) is 81.8 cm³/mol. The third-order valence-electron chi connectivity index (χ3n) is 3.13. The summed E-state index contributed by atoms with van der Waals surface area (Å²) in [5.41, 5.74) is 6.24. The highest BCUT2D eigenvalue weighted by molar-refractivity contribution is 5.80. The highest BCUT2D eigenvalue weighted by atomic mass is 16.5. The molecule has 0 saturated carbocycles. The quantitative estimate of drug-likeness (QED) is 0.731. The Kier molecular flexibility index (Phi) is 6.52. The second kappa shape index (κ2) is 8.14. The molecule has 0 radical (unpaired) electrons. The van der Waals surface area contributed by atoms with Gasteiger partial charge in [0.25, 0.3) is 0 Å². The first-order chi connectivity index (χ1) is 9.93. The van der Waals surface area contributed by atoms with Crippen LogP contribution < -0.4 is 15.8 Å². The number of hydrogen-bond donors (Lipinski definition) is 2. The maximum atomic E-state index is 11.9. The fourth-order valence-electron chi connectivity index (χ4n) is 1.85. The standard InChI is InChI=1S/C15H23N3O3/c1-11(15(20)17-2)10-18(3)14(19)8-9-21-13-6-4-12(16)5-7-13/h4-7,11H,8-10,16H2,1-3H3,(H,17,20). The molecule has 1 aromatic carbocycles. The summed E-state index contributed by atoms with van der Waals surface area (Å²) < 4.78 is 5.47. The first kappa shape index (κ1) is 16.8.